The first-order chi connectivity index (χ1) is 7.58. The van der Waals surface area contributed by atoms with E-state index >= 15 is 0 Å². The van der Waals surface area contributed by atoms with Crippen LogP contribution in [0.4, 0.5) is 0 Å². The van der Waals surface area contributed by atoms with E-state index in [1.165, 1.54) is 0 Å². The number of fused-ring (bicyclic) bond motifs is 1. The highest BCUT2D eigenvalue weighted by atomic mass is 16.3. The predicted molar refractivity (Wildman–Crippen MR) is 62.9 cm³/mol. The zero-order valence-electron chi connectivity index (χ0n) is 10.4. The lowest BCUT2D eigenvalue weighted by molar-refractivity contribution is -0.130. The van der Waals surface area contributed by atoms with Gasteiger partial charge in [0.2, 0.25) is 5.91 Å². The van der Waals surface area contributed by atoms with Gasteiger partial charge in [-0.25, -0.2) is 0 Å². The van der Waals surface area contributed by atoms with E-state index in [9.17, 15) is 9.90 Å². The number of hydrogen-bond donors (Lipinski definition) is 1. The number of carbonyl (C=O) groups excluding carboxylic acids is 1. The standard InChI is InChI=1S/C13H23NO2/c1-9(2)3-6-13(16)14-7-10-4-5-12(15)11(10)8-14/h9-12,15H,3-8H2,1-2H3/t10-,11+,12+/m0/s1. The monoisotopic (exact) mass is 225 g/mol. The molecule has 0 unspecified atom stereocenters. The van der Waals surface area contributed by atoms with Crippen LogP contribution in [0.2, 0.25) is 0 Å². The molecule has 1 aliphatic carbocycles. The Morgan fingerprint density at radius 3 is 2.75 bits per heavy atom. The zero-order valence-corrected chi connectivity index (χ0v) is 10.4. The third kappa shape index (κ3) is 2.40. The third-order valence-corrected chi connectivity index (χ3v) is 4.11. The molecule has 0 spiro atoms. The van der Waals surface area contributed by atoms with E-state index in [0.29, 0.717) is 24.2 Å². The molecule has 3 nitrogen and oxygen atoms in total. The first-order valence-electron chi connectivity index (χ1n) is 6.53. The van der Waals surface area contributed by atoms with Gasteiger partial charge < -0.3 is 10.0 Å². The number of aliphatic hydroxyl groups is 1. The second kappa shape index (κ2) is 4.74. The largest absolute Gasteiger partial charge is 0.393 e. The van der Waals surface area contributed by atoms with Gasteiger partial charge in [0.15, 0.2) is 0 Å². The van der Waals surface area contributed by atoms with Crippen molar-refractivity contribution in [3.05, 3.63) is 0 Å². The molecule has 92 valence electrons. The van der Waals surface area contributed by atoms with Crippen LogP contribution < -0.4 is 0 Å². The molecule has 2 aliphatic rings. The number of nitrogens with zero attached hydrogens (tertiary/aromatic N) is 1. The van der Waals surface area contributed by atoms with Crippen molar-refractivity contribution >= 4 is 5.91 Å². The fourth-order valence-electron chi connectivity index (χ4n) is 3.01. The van der Waals surface area contributed by atoms with E-state index in [2.05, 4.69) is 13.8 Å². The molecule has 1 heterocycles. The second-order valence-electron chi connectivity index (χ2n) is 5.80. The van der Waals surface area contributed by atoms with Crippen LogP contribution in [0.1, 0.15) is 39.5 Å². The molecule has 2 fully saturated rings. The van der Waals surface area contributed by atoms with E-state index in [4.69, 9.17) is 0 Å². The van der Waals surface area contributed by atoms with Gasteiger partial charge in [0.25, 0.3) is 0 Å². The molecule has 1 aliphatic heterocycles. The molecule has 0 radical (unpaired) electrons. The molecule has 3 atom stereocenters. The summed E-state index contributed by atoms with van der Waals surface area (Å²) in [7, 11) is 0. The van der Waals surface area contributed by atoms with Crippen molar-refractivity contribution in [2.24, 2.45) is 17.8 Å². The Morgan fingerprint density at radius 2 is 2.12 bits per heavy atom. The minimum absolute atomic E-state index is 0.159. The molecular formula is C13H23NO2. The van der Waals surface area contributed by atoms with Crippen LogP contribution in [0.3, 0.4) is 0 Å². The van der Waals surface area contributed by atoms with Crippen molar-refractivity contribution in [2.75, 3.05) is 13.1 Å². The van der Waals surface area contributed by atoms with Gasteiger partial charge >= 0.3 is 0 Å². The maximum atomic E-state index is 11.9. The summed E-state index contributed by atoms with van der Waals surface area (Å²) in [6, 6.07) is 0. The highest BCUT2D eigenvalue weighted by molar-refractivity contribution is 5.76. The van der Waals surface area contributed by atoms with Crippen molar-refractivity contribution in [3.8, 4) is 0 Å². The van der Waals surface area contributed by atoms with Crippen molar-refractivity contribution < 1.29 is 9.90 Å². The number of likely N-dealkylation sites (tertiary alicyclic amines) is 1. The Bertz CT molecular complexity index is 265. The van der Waals surface area contributed by atoms with Gasteiger partial charge in [-0.2, -0.15) is 0 Å². The van der Waals surface area contributed by atoms with Crippen LogP contribution in [0.25, 0.3) is 0 Å². The number of hydrogen-bond acceptors (Lipinski definition) is 2. The summed E-state index contributed by atoms with van der Waals surface area (Å²) in [5.74, 6) is 1.81. The number of rotatable bonds is 3. The molecule has 1 amide bonds. The third-order valence-electron chi connectivity index (χ3n) is 4.11. The molecule has 0 aromatic rings. The van der Waals surface area contributed by atoms with Gasteiger partial charge in [-0.15, -0.1) is 0 Å². The molecule has 1 saturated carbocycles. The predicted octanol–water partition coefficient (Wildman–Crippen LogP) is 1.65. The molecule has 2 rings (SSSR count). The molecule has 3 heteroatoms. The number of aliphatic hydroxyl groups excluding tert-OH is 1. The van der Waals surface area contributed by atoms with Crippen LogP contribution in [0, 0.1) is 17.8 Å². The maximum Gasteiger partial charge on any atom is 0.222 e. The van der Waals surface area contributed by atoms with Gasteiger partial charge in [-0.3, -0.25) is 4.79 Å². The van der Waals surface area contributed by atoms with E-state index in [-0.39, 0.29) is 12.0 Å². The second-order valence-corrected chi connectivity index (χ2v) is 5.80. The van der Waals surface area contributed by atoms with E-state index in [1.807, 2.05) is 4.90 Å². The minimum Gasteiger partial charge on any atom is -0.393 e. The molecule has 16 heavy (non-hydrogen) atoms. The normalized spacial score (nSPS) is 33.5. The Balaban J connectivity index is 1.82. The Kier molecular flexibility index (Phi) is 3.53. The molecule has 1 saturated heterocycles. The van der Waals surface area contributed by atoms with Crippen LogP contribution in [-0.2, 0) is 4.79 Å². The SMILES string of the molecule is CC(C)CCC(=O)N1C[C@@H]2CC[C@@H](O)[C@@H]2C1. The van der Waals surface area contributed by atoms with Gasteiger partial charge in [0.05, 0.1) is 6.10 Å². The molecule has 0 bridgehead atoms. The summed E-state index contributed by atoms with van der Waals surface area (Å²) in [6.45, 7) is 5.98. The number of amides is 1. The lowest BCUT2D eigenvalue weighted by atomic mass is 10.00. The van der Waals surface area contributed by atoms with Crippen molar-refractivity contribution in [1.29, 1.82) is 0 Å². The Hall–Kier alpha value is -0.570. The van der Waals surface area contributed by atoms with Crippen molar-refractivity contribution in [2.45, 2.75) is 45.6 Å². The van der Waals surface area contributed by atoms with Crippen LogP contribution in [0.15, 0.2) is 0 Å². The lowest BCUT2D eigenvalue weighted by Gasteiger charge is -2.18. The molecule has 1 N–H and O–H groups in total. The lowest BCUT2D eigenvalue weighted by Crippen LogP contribution is -2.31. The molecule has 0 aromatic carbocycles. The first-order valence-corrected chi connectivity index (χ1v) is 6.53. The summed E-state index contributed by atoms with van der Waals surface area (Å²) in [5, 5.41) is 9.78. The molecular weight excluding hydrogens is 202 g/mol. The van der Waals surface area contributed by atoms with Gasteiger partial charge in [0.1, 0.15) is 0 Å². The number of carbonyl (C=O) groups is 1. The Morgan fingerprint density at radius 1 is 1.38 bits per heavy atom. The van der Waals surface area contributed by atoms with E-state index in [1.54, 1.807) is 0 Å². The topological polar surface area (TPSA) is 40.5 Å². The summed E-state index contributed by atoms with van der Waals surface area (Å²) >= 11 is 0. The highest BCUT2D eigenvalue weighted by Crippen LogP contribution is 2.38. The van der Waals surface area contributed by atoms with Gasteiger partial charge in [-0.1, -0.05) is 13.8 Å². The fourth-order valence-corrected chi connectivity index (χ4v) is 3.01. The summed E-state index contributed by atoms with van der Waals surface area (Å²) in [4.78, 5) is 13.9. The maximum absolute atomic E-state index is 11.9. The smallest absolute Gasteiger partial charge is 0.222 e. The van der Waals surface area contributed by atoms with Crippen LogP contribution in [-0.4, -0.2) is 35.1 Å². The average Bonchev–Trinajstić information content (AvgIpc) is 2.78. The minimum atomic E-state index is -0.159. The van der Waals surface area contributed by atoms with Crippen LogP contribution in [0.5, 0.6) is 0 Å². The van der Waals surface area contributed by atoms with Crippen LogP contribution >= 0.6 is 0 Å². The summed E-state index contributed by atoms with van der Waals surface area (Å²) in [6.07, 6.45) is 3.52. The van der Waals surface area contributed by atoms with Crippen molar-refractivity contribution in [1.82, 2.24) is 4.90 Å². The quantitative estimate of drug-likeness (QED) is 0.793. The first kappa shape index (κ1) is 11.9. The van der Waals surface area contributed by atoms with E-state index in [0.717, 1.165) is 32.4 Å². The van der Waals surface area contributed by atoms with E-state index < -0.39 is 0 Å². The van der Waals surface area contributed by atoms with Crippen molar-refractivity contribution in [3.63, 3.8) is 0 Å². The highest BCUT2D eigenvalue weighted by Gasteiger charge is 2.42. The zero-order chi connectivity index (χ0) is 11.7. The molecule has 0 aromatic heterocycles. The summed E-state index contributed by atoms with van der Waals surface area (Å²) < 4.78 is 0. The fraction of sp³-hybridized carbons (Fsp3) is 0.923. The van der Waals surface area contributed by atoms with Gasteiger partial charge in [-0.05, 0) is 31.1 Å². The summed E-state index contributed by atoms with van der Waals surface area (Å²) in [5.41, 5.74) is 0. The van der Waals surface area contributed by atoms with Gasteiger partial charge in [0, 0.05) is 25.4 Å². The average molecular weight is 225 g/mol. The Labute approximate surface area is 97.8 Å².